The highest BCUT2D eigenvalue weighted by atomic mass is 32.2. The van der Waals surface area contributed by atoms with Crippen LogP contribution in [0.1, 0.15) is 18.1 Å². The number of carboxylic acids is 1. The van der Waals surface area contributed by atoms with Crippen molar-refractivity contribution in [2.45, 2.75) is 37.6 Å². The number of carboxylic acid groups (broad SMARTS) is 1. The van der Waals surface area contributed by atoms with Gasteiger partial charge in [0.05, 0.1) is 11.3 Å². The van der Waals surface area contributed by atoms with Crippen LogP contribution in [-0.2, 0) is 21.2 Å². The van der Waals surface area contributed by atoms with Crippen molar-refractivity contribution in [2.75, 3.05) is 24.5 Å². The predicted molar refractivity (Wildman–Crippen MR) is 111 cm³/mol. The highest BCUT2D eigenvalue weighted by molar-refractivity contribution is 7.89. The van der Waals surface area contributed by atoms with E-state index >= 15 is 0 Å². The molecule has 1 atom stereocenters. The van der Waals surface area contributed by atoms with Gasteiger partial charge in [0, 0.05) is 31.4 Å². The molecule has 1 N–H and O–H groups in total. The van der Waals surface area contributed by atoms with Crippen molar-refractivity contribution in [3.63, 3.8) is 0 Å². The van der Waals surface area contributed by atoms with E-state index in [1.165, 1.54) is 40.7 Å². The molecule has 0 saturated carbocycles. The molecule has 11 heteroatoms. The highest BCUT2D eigenvalue weighted by Gasteiger charge is 2.34. The maximum absolute atomic E-state index is 13.2. The van der Waals surface area contributed by atoms with Gasteiger partial charge in [-0.1, -0.05) is 6.07 Å². The Labute approximate surface area is 184 Å². The molecular formula is C21H23F3N2O5S. The van der Waals surface area contributed by atoms with E-state index in [1.54, 1.807) is 19.9 Å². The Morgan fingerprint density at radius 3 is 2.38 bits per heavy atom. The average Bonchev–Trinajstić information content (AvgIpc) is 2.66. The quantitative estimate of drug-likeness (QED) is 0.693. The van der Waals surface area contributed by atoms with Gasteiger partial charge in [0.1, 0.15) is 5.75 Å². The fraction of sp³-hybridized carbons (Fsp3) is 0.381. The van der Waals surface area contributed by atoms with Crippen molar-refractivity contribution in [3.8, 4) is 5.75 Å². The Hall–Kier alpha value is -2.79. The third-order valence-corrected chi connectivity index (χ3v) is 7.07. The summed E-state index contributed by atoms with van der Waals surface area (Å²) in [6.07, 6.45) is -5.04. The predicted octanol–water partition coefficient (Wildman–Crippen LogP) is 3.42. The van der Waals surface area contributed by atoms with E-state index in [0.29, 0.717) is 29.9 Å². The molecule has 0 unspecified atom stereocenters. The second-order valence-corrected chi connectivity index (χ2v) is 9.57. The Morgan fingerprint density at radius 2 is 1.81 bits per heavy atom. The molecule has 2 aromatic rings. The maximum Gasteiger partial charge on any atom is 0.573 e. The molecule has 1 aliphatic heterocycles. The number of piperazine rings is 1. The molecule has 1 fully saturated rings. The minimum absolute atomic E-state index is 0.0442. The van der Waals surface area contributed by atoms with Crippen LogP contribution in [0.4, 0.5) is 18.9 Å². The Kier molecular flexibility index (Phi) is 6.70. The monoisotopic (exact) mass is 472 g/mol. The number of hydrogen-bond acceptors (Lipinski definition) is 5. The number of carbonyl (C=O) groups is 1. The van der Waals surface area contributed by atoms with E-state index in [1.807, 2.05) is 4.90 Å². The van der Waals surface area contributed by atoms with Crippen molar-refractivity contribution < 1.29 is 36.2 Å². The van der Waals surface area contributed by atoms with E-state index in [-0.39, 0.29) is 23.6 Å². The van der Waals surface area contributed by atoms with E-state index < -0.39 is 28.4 Å². The second kappa shape index (κ2) is 8.99. The molecular weight excluding hydrogens is 449 g/mol. The molecule has 0 aromatic heterocycles. The smallest absolute Gasteiger partial charge is 0.481 e. The molecule has 174 valence electrons. The lowest BCUT2D eigenvalue weighted by atomic mass is 10.1. The van der Waals surface area contributed by atoms with E-state index in [9.17, 15) is 26.4 Å². The van der Waals surface area contributed by atoms with Gasteiger partial charge in [0.2, 0.25) is 10.0 Å². The summed E-state index contributed by atoms with van der Waals surface area (Å²) < 4.78 is 68.7. The summed E-state index contributed by atoms with van der Waals surface area (Å²) in [5.41, 5.74) is 1.71. The summed E-state index contributed by atoms with van der Waals surface area (Å²) >= 11 is 0. The molecule has 0 radical (unpaired) electrons. The van der Waals surface area contributed by atoms with Crippen LogP contribution in [0.25, 0.3) is 0 Å². The first kappa shape index (κ1) is 23.9. The minimum atomic E-state index is -4.77. The van der Waals surface area contributed by atoms with E-state index in [0.717, 1.165) is 0 Å². The second-order valence-electron chi connectivity index (χ2n) is 7.68. The van der Waals surface area contributed by atoms with Gasteiger partial charge in [0.15, 0.2) is 0 Å². The maximum atomic E-state index is 13.2. The van der Waals surface area contributed by atoms with Crippen LogP contribution in [0.3, 0.4) is 0 Å². The lowest BCUT2D eigenvalue weighted by Crippen LogP contribution is -2.54. The molecule has 0 amide bonds. The summed E-state index contributed by atoms with van der Waals surface area (Å²) in [5, 5.41) is 9.02. The third kappa shape index (κ3) is 5.71. The molecule has 3 rings (SSSR count). The van der Waals surface area contributed by atoms with Crippen LogP contribution >= 0.6 is 0 Å². The highest BCUT2D eigenvalue weighted by Crippen LogP contribution is 2.28. The Morgan fingerprint density at radius 1 is 1.16 bits per heavy atom. The van der Waals surface area contributed by atoms with Crippen molar-refractivity contribution >= 4 is 21.7 Å². The van der Waals surface area contributed by atoms with Crippen LogP contribution in [0.5, 0.6) is 5.75 Å². The number of ether oxygens (including phenoxy) is 1. The normalized spacial score (nSPS) is 17.9. The van der Waals surface area contributed by atoms with Gasteiger partial charge in [-0.05, 0) is 61.4 Å². The molecule has 1 heterocycles. The van der Waals surface area contributed by atoms with Crippen LogP contribution in [0.2, 0.25) is 0 Å². The van der Waals surface area contributed by atoms with Crippen LogP contribution in [0.15, 0.2) is 47.4 Å². The zero-order valence-electron chi connectivity index (χ0n) is 17.5. The summed E-state index contributed by atoms with van der Waals surface area (Å²) in [6, 6.07) is 9.55. The zero-order chi connectivity index (χ0) is 23.7. The fourth-order valence-electron chi connectivity index (χ4n) is 3.78. The Balaban J connectivity index is 1.75. The molecule has 1 aliphatic rings. The molecule has 0 aliphatic carbocycles. The van der Waals surface area contributed by atoms with Crippen LogP contribution in [0, 0.1) is 6.92 Å². The van der Waals surface area contributed by atoms with Gasteiger partial charge in [-0.3, -0.25) is 4.79 Å². The first-order valence-corrected chi connectivity index (χ1v) is 11.2. The lowest BCUT2D eigenvalue weighted by molar-refractivity contribution is -0.274. The number of benzene rings is 2. The molecule has 32 heavy (non-hydrogen) atoms. The number of anilines is 1. The minimum Gasteiger partial charge on any atom is -0.481 e. The molecule has 2 aromatic carbocycles. The SMILES string of the molecule is Cc1cc(CC(=O)O)cc(S(=O)(=O)N2CCN(c3ccc(OC(F)(F)F)cc3)C[C@H]2C)c1. The topological polar surface area (TPSA) is 87.1 Å². The zero-order valence-corrected chi connectivity index (χ0v) is 18.3. The fourth-order valence-corrected chi connectivity index (χ4v) is 5.55. The summed E-state index contributed by atoms with van der Waals surface area (Å²) in [4.78, 5) is 13.0. The number of nitrogens with zero attached hydrogens (tertiary/aromatic N) is 2. The number of sulfonamides is 1. The first-order chi connectivity index (χ1) is 14.8. The summed E-state index contributed by atoms with van der Waals surface area (Å²) in [6.45, 7) is 4.31. The Bertz CT molecular complexity index is 1090. The third-order valence-electron chi connectivity index (χ3n) is 5.07. The van der Waals surface area contributed by atoms with Gasteiger partial charge >= 0.3 is 12.3 Å². The van der Waals surface area contributed by atoms with Gasteiger partial charge in [-0.25, -0.2) is 8.42 Å². The summed E-state index contributed by atoms with van der Waals surface area (Å²) in [7, 11) is -3.86. The standard InChI is InChI=1S/C21H23F3N2O5S/c1-14-9-16(12-20(27)28)11-19(10-14)32(29,30)26-8-7-25(13-15(26)2)17-3-5-18(6-4-17)31-21(22,23)24/h3-6,9-11,15H,7-8,12-13H2,1-2H3,(H,27,28)/t15-/m1/s1. The lowest BCUT2D eigenvalue weighted by Gasteiger charge is -2.40. The van der Waals surface area contributed by atoms with Gasteiger partial charge < -0.3 is 14.7 Å². The number of rotatable bonds is 6. The van der Waals surface area contributed by atoms with E-state index in [2.05, 4.69) is 4.74 Å². The van der Waals surface area contributed by atoms with Gasteiger partial charge in [0.25, 0.3) is 0 Å². The number of aryl methyl sites for hydroxylation is 1. The molecule has 7 nitrogen and oxygen atoms in total. The average molecular weight is 472 g/mol. The molecule has 0 bridgehead atoms. The van der Waals surface area contributed by atoms with Crippen molar-refractivity contribution in [3.05, 3.63) is 53.6 Å². The first-order valence-electron chi connectivity index (χ1n) is 9.80. The van der Waals surface area contributed by atoms with Crippen molar-refractivity contribution in [1.82, 2.24) is 4.31 Å². The van der Waals surface area contributed by atoms with Crippen molar-refractivity contribution in [1.29, 1.82) is 0 Å². The number of alkyl halides is 3. The van der Waals surface area contributed by atoms with Gasteiger partial charge in [-0.2, -0.15) is 4.31 Å². The largest absolute Gasteiger partial charge is 0.573 e. The number of hydrogen-bond donors (Lipinski definition) is 1. The van der Waals surface area contributed by atoms with Crippen LogP contribution in [-0.4, -0.2) is 55.8 Å². The number of halogens is 3. The number of aliphatic carboxylic acids is 1. The molecule has 0 spiro atoms. The van der Waals surface area contributed by atoms with Crippen molar-refractivity contribution in [2.24, 2.45) is 0 Å². The van der Waals surface area contributed by atoms with E-state index in [4.69, 9.17) is 5.11 Å². The van der Waals surface area contributed by atoms with Crippen LogP contribution < -0.4 is 9.64 Å². The molecule has 1 saturated heterocycles. The van der Waals surface area contributed by atoms with Gasteiger partial charge in [-0.15, -0.1) is 13.2 Å². The summed E-state index contributed by atoms with van der Waals surface area (Å²) in [5.74, 6) is -1.38.